The van der Waals surface area contributed by atoms with E-state index in [1.54, 1.807) is 7.05 Å². The summed E-state index contributed by atoms with van der Waals surface area (Å²) >= 11 is 0. The van der Waals surface area contributed by atoms with Crippen molar-refractivity contribution in [2.75, 3.05) is 7.05 Å². The lowest BCUT2D eigenvalue weighted by Crippen LogP contribution is -2.38. The Bertz CT molecular complexity index is 290. The van der Waals surface area contributed by atoms with E-state index in [9.17, 15) is 4.79 Å². The van der Waals surface area contributed by atoms with Crippen molar-refractivity contribution in [3.63, 3.8) is 0 Å². The van der Waals surface area contributed by atoms with Crippen LogP contribution < -0.4 is 11.1 Å². The van der Waals surface area contributed by atoms with Crippen molar-refractivity contribution < 1.29 is 4.79 Å². The van der Waals surface area contributed by atoms with Crippen molar-refractivity contribution in [1.29, 1.82) is 0 Å². The first-order chi connectivity index (χ1) is 6.74. The molecule has 0 fully saturated rings. The van der Waals surface area contributed by atoms with Crippen molar-refractivity contribution >= 4 is 18.3 Å². The molecule has 1 aromatic carbocycles. The van der Waals surface area contributed by atoms with Crippen molar-refractivity contribution in [2.24, 2.45) is 5.73 Å². The van der Waals surface area contributed by atoms with Crippen LogP contribution in [0.4, 0.5) is 0 Å². The Hall–Kier alpha value is -1.06. The van der Waals surface area contributed by atoms with Gasteiger partial charge in [0.1, 0.15) is 0 Å². The molecule has 84 valence electrons. The number of benzene rings is 1. The van der Waals surface area contributed by atoms with E-state index in [0.29, 0.717) is 6.42 Å². The molecule has 3 nitrogen and oxygen atoms in total. The standard InChI is InChI=1S/C11H16N2O.ClH/c1-13-11(14)10(12)8-7-9-5-3-2-4-6-9;/h2-6,10H,7-8,12H2,1H3,(H,13,14);1H. The molecular formula is C11H17ClN2O. The molecule has 3 N–H and O–H groups in total. The first-order valence-electron chi connectivity index (χ1n) is 4.75. The first kappa shape index (κ1) is 13.9. The second-order valence-electron chi connectivity index (χ2n) is 3.25. The number of likely N-dealkylation sites (N-methyl/N-ethyl adjacent to an activating group) is 1. The van der Waals surface area contributed by atoms with E-state index in [1.807, 2.05) is 30.3 Å². The Morgan fingerprint density at radius 1 is 1.40 bits per heavy atom. The number of aryl methyl sites for hydroxylation is 1. The zero-order valence-corrected chi connectivity index (χ0v) is 9.59. The second-order valence-corrected chi connectivity index (χ2v) is 3.25. The van der Waals surface area contributed by atoms with Crippen LogP contribution in [0.3, 0.4) is 0 Å². The lowest BCUT2D eigenvalue weighted by atomic mass is 10.1. The Morgan fingerprint density at radius 2 is 2.00 bits per heavy atom. The van der Waals surface area contributed by atoms with Gasteiger partial charge in [0, 0.05) is 7.05 Å². The molecule has 1 rings (SSSR count). The van der Waals surface area contributed by atoms with Gasteiger partial charge in [0.25, 0.3) is 0 Å². The highest BCUT2D eigenvalue weighted by Gasteiger charge is 2.10. The molecule has 0 heterocycles. The van der Waals surface area contributed by atoms with Gasteiger partial charge in [0.15, 0.2) is 0 Å². The first-order valence-corrected chi connectivity index (χ1v) is 4.75. The van der Waals surface area contributed by atoms with E-state index in [0.717, 1.165) is 6.42 Å². The molecule has 15 heavy (non-hydrogen) atoms. The van der Waals surface area contributed by atoms with E-state index in [4.69, 9.17) is 5.73 Å². The van der Waals surface area contributed by atoms with Crippen LogP contribution in [0, 0.1) is 0 Å². The number of carbonyl (C=O) groups is 1. The monoisotopic (exact) mass is 228 g/mol. The minimum Gasteiger partial charge on any atom is -0.358 e. The third kappa shape index (κ3) is 4.81. The van der Waals surface area contributed by atoms with Crippen LogP contribution >= 0.6 is 12.4 Å². The summed E-state index contributed by atoms with van der Waals surface area (Å²) in [6.45, 7) is 0. The van der Waals surface area contributed by atoms with Gasteiger partial charge in [-0.15, -0.1) is 12.4 Å². The van der Waals surface area contributed by atoms with Crippen LogP contribution in [-0.2, 0) is 11.2 Å². The molecule has 1 amide bonds. The lowest BCUT2D eigenvalue weighted by molar-refractivity contribution is -0.121. The number of hydrogen-bond donors (Lipinski definition) is 2. The van der Waals surface area contributed by atoms with Gasteiger partial charge in [-0.25, -0.2) is 0 Å². The average Bonchev–Trinajstić information content (AvgIpc) is 2.26. The van der Waals surface area contributed by atoms with Gasteiger partial charge in [0.05, 0.1) is 6.04 Å². The number of halogens is 1. The van der Waals surface area contributed by atoms with Crippen LogP contribution in [0.25, 0.3) is 0 Å². The number of amides is 1. The smallest absolute Gasteiger partial charge is 0.236 e. The van der Waals surface area contributed by atoms with Crippen LogP contribution in [-0.4, -0.2) is 19.0 Å². The van der Waals surface area contributed by atoms with Gasteiger partial charge in [-0.1, -0.05) is 30.3 Å². The quantitative estimate of drug-likeness (QED) is 0.812. The molecule has 1 aromatic rings. The normalized spacial score (nSPS) is 11.3. The highest BCUT2D eigenvalue weighted by Crippen LogP contribution is 2.03. The second kappa shape index (κ2) is 7.26. The van der Waals surface area contributed by atoms with Crippen LogP contribution in [0.15, 0.2) is 30.3 Å². The van der Waals surface area contributed by atoms with E-state index in [1.165, 1.54) is 5.56 Å². The van der Waals surface area contributed by atoms with Crippen molar-refractivity contribution in [3.8, 4) is 0 Å². The molecule has 0 radical (unpaired) electrons. The molecule has 0 saturated heterocycles. The van der Waals surface area contributed by atoms with Gasteiger partial charge < -0.3 is 11.1 Å². The Balaban J connectivity index is 0.00000196. The molecule has 1 unspecified atom stereocenters. The lowest BCUT2D eigenvalue weighted by Gasteiger charge is -2.09. The minimum absolute atomic E-state index is 0. The molecular weight excluding hydrogens is 212 g/mol. The van der Waals surface area contributed by atoms with Gasteiger partial charge >= 0.3 is 0 Å². The van der Waals surface area contributed by atoms with Gasteiger partial charge in [-0.3, -0.25) is 4.79 Å². The maximum absolute atomic E-state index is 11.1. The molecule has 0 aliphatic carbocycles. The third-order valence-corrected chi connectivity index (χ3v) is 2.17. The van der Waals surface area contributed by atoms with E-state index < -0.39 is 6.04 Å². The van der Waals surface area contributed by atoms with E-state index >= 15 is 0 Å². The molecule has 0 bridgehead atoms. The third-order valence-electron chi connectivity index (χ3n) is 2.17. The summed E-state index contributed by atoms with van der Waals surface area (Å²) in [6, 6.07) is 9.62. The molecule has 0 aliphatic heterocycles. The van der Waals surface area contributed by atoms with Crippen molar-refractivity contribution in [2.45, 2.75) is 18.9 Å². The largest absolute Gasteiger partial charge is 0.358 e. The van der Waals surface area contributed by atoms with Crippen LogP contribution in [0.1, 0.15) is 12.0 Å². The van der Waals surface area contributed by atoms with Crippen LogP contribution in [0.2, 0.25) is 0 Å². The summed E-state index contributed by atoms with van der Waals surface area (Å²) in [5.74, 6) is -0.0964. The zero-order chi connectivity index (χ0) is 10.4. The van der Waals surface area contributed by atoms with E-state index in [2.05, 4.69) is 5.32 Å². The van der Waals surface area contributed by atoms with Crippen molar-refractivity contribution in [1.82, 2.24) is 5.32 Å². The highest BCUT2D eigenvalue weighted by atomic mass is 35.5. The van der Waals surface area contributed by atoms with Gasteiger partial charge in [0.2, 0.25) is 5.91 Å². The number of nitrogens with two attached hydrogens (primary N) is 1. The Labute approximate surface area is 96.5 Å². The fourth-order valence-corrected chi connectivity index (χ4v) is 1.28. The summed E-state index contributed by atoms with van der Waals surface area (Å²) in [4.78, 5) is 11.1. The number of nitrogens with one attached hydrogen (secondary N) is 1. The molecule has 4 heteroatoms. The maximum Gasteiger partial charge on any atom is 0.236 e. The number of hydrogen-bond acceptors (Lipinski definition) is 2. The zero-order valence-electron chi connectivity index (χ0n) is 8.77. The van der Waals surface area contributed by atoms with Gasteiger partial charge in [-0.05, 0) is 18.4 Å². The number of carbonyl (C=O) groups excluding carboxylic acids is 1. The summed E-state index contributed by atoms with van der Waals surface area (Å²) < 4.78 is 0. The summed E-state index contributed by atoms with van der Waals surface area (Å²) in [6.07, 6.45) is 1.53. The fraction of sp³-hybridized carbons (Fsp3) is 0.364. The topological polar surface area (TPSA) is 55.1 Å². The Morgan fingerprint density at radius 3 is 2.53 bits per heavy atom. The Kier molecular flexibility index (Phi) is 6.75. The predicted octanol–water partition coefficient (Wildman–Crippen LogP) is 1.11. The minimum atomic E-state index is -0.403. The number of rotatable bonds is 4. The van der Waals surface area contributed by atoms with Crippen molar-refractivity contribution in [3.05, 3.63) is 35.9 Å². The summed E-state index contributed by atoms with van der Waals surface area (Å²) in [7, 11) is 1.60. The van der Waals surface area contributed by atoms with Crippen LogP contribution in [0.5, 0.6) is 0 Å². The van der Waals surface area contributed by atoms with Gasteiger partial charge in [-0.2, -0.15) is 0 Å². The summed E-state index contributed by atoms with van der Waals surface area (Å²) in [5.41, 5.74) is 6.88. The SMILES string of the molecule is CNC(=O)C(N)CCc1ccccc1.Cl. The maximum atomic E-state index is 11.1. The van der Waals surface area contributed by atoms with E-state index in [-0.39, 0.29) is 18.3 Å². The predicted molar refractivity (Wildman–Crippen MR) is 64.1 cm³/mol. The molecule has 0 aliphatic rings. The fourth-order valence-electron chi connectivity index (χ4n) is 1.28. The molecule has 1 atom stereocenters. The average molecular weight is 229 g/mol. The molecule has 0 aromatic heterocycles. The molecule has 0 saturated carbocycles. The molecule has 0 spiro atoms. The summed E-state index contributed by atoms with van der Waals surface area (Å²) in [5, 5.41) is 2.54. The highest BCUT2D eigenvalue weighted by molar-refractivity contribution is 5.85.